The number of carbonyl (C=O) groups is 1. The Morgan fingerprint density at radius 3 is 2.95 bits per heavy atom. The molecule has 21 heavy (non-hydrogen) atoms. The molecule has 1 aliphatic rings. The number of aromatic nitrogens is 3. The first-order chi connectivity index (χ1) is 9.99. The molecule has 0 bridgehead atoms. The van der Waals surface area contributed by atoms with E-state index < -0.39 is 5.54 Å². The average Bonchev–Trinajstić information content (AvgIpc) is 2.82. The van der Waals surface area contributed by atoms with E-state index in [0.29, 0.717) is 6.42 Å². The van der Waals surface area contributed by atoms with Gasteiger partial charge in [-0.05, 0) is 39.5 Å². The largest absolute Gasteiger partial charge is 0.396 e. The molecule has 3 N–H and O–H groups in total. The van der Waals surface area contributed by atoms with Crippen LogP contribution < -0.4 is 10.6 Å². The maximum atomic E-state index is 12.2. The van der Waals surface area contributed by atoms with Gasteiger partial charge in [-0.15, -0.1) is 10.2 Å². The maximum Gasteiger partial charge on any atom is 0.315 e. The summed E-state index contributed by atoms with van der Waals surface area (Å²) in [6, 6.07) is -0.318. The van der Waals surface area contributed by atoms with Crippen LogP contribution >= 0.6 is 0 Å². The number of nitrogens with one attached hydrogen (secondary N) is 2. The molecule has 0 aliphatic carbocycles. The van der Waals surface area contributed by atoms with E-state index in [1.54, 1.807) is 0 Å². The Morgan fingerprint density at radius 2 is 2.29 bits per heavy atom. The molecule has 2 rings (SSSR count). The van der Waals surface area contributed by atoms with Crippen molar-refractivity contribution >= 4 is 6.03 Å². The van der Waals surface area contributed by atoms with Crippen LogP contribution in [0.1, 0.15) is 57.2 Å². The van der Waals surface area contributed by atoms with Gasteiger partial charge in [-0.1, -0.05) is 6.92 Å². The zero-order valence-corrected chi connectivity index (χ0v) is 13.0. The highest BCUT2D eigenvalue weighted by atomic mass is 16.3. The fraction of sp³-hybridized carbons (Fsp3) is 0.786. The van der Waals surface area contributed by atoms with Crippen molar-refractivity contribution in [2.24, 2.45) is 0 Å². The van der Waals surface area contributed by atoms with Crippen molar-refractivity contribution < 1.29 is 9.90 Å². The predicted octanol–water partition coefficient (Wildman–Crippen LogP) is 1.27. The molecule has 0 radical (unpaired) electrons. The SMILES string of the molecule is CCC(C)(CCO)NC(=O)NC1CCCn2c(C)nnc21. The standard InChI is InChI=1S/C14H25N5O2/c1-4-14(3,7-9-20)16-13(21)15-11-6-5-8-19-10(2)17-18-12(11)19/h11,20H,4-9H2,1-3H3,(H2,15,16,21). The van der Waals surface area contributed by atoms with E-state index in [1.807, 2.05) is 20.8 Å². The number of rotatable bonds is 5. The number of nitrogens with zero attached hydrogens (tertiary/aromatic N) is 3. The summed E-state index contributed by atoms with van der Waals surface area (Å²) in [6.07, 6.45) is 3.17. The second-order valence-corrected chi connectivity index (χ2v) is 5.94. The molecule has 2 unspecified atom stereocenters. The van der Waals surface area contributed by atoms with E-state index in [-0.39, 0.29) is 18.7 Å². The van der Waals surface area contributed by atoms with E-state index in [0.717, 1.165) is 37.5 Å². The number of amides is 2. The maximum absolute atomic E-state index is 12.2. The summed E-state index contributed by atoms with van der Waals surface area (Å²) in [6.45, 7) is 6.83. The van der Waals surface area contributed by atoms with Gasteiger partial charge in [0.25, 0.3) is 0 Å². The second-order valence-electron chi connectivity index (χ2n) is 5.94. The van der Waals surface area contributed by atoms with Gasteiger partial charge in [0.1, 0.15) is 5.82 Å². The summed E-state index contributed by atoms with van der Waals surface area (Å²) in [5, 5.41) is 23.3. The second kappa shape index (κ2) is 6.43. The Morgan fingerprint density at radius 1 is 1.52 bits per heavy atom. The van der Waals surface area contributed by atoms with Gasteiger partial charge in [0.15, 0.2) is 5.82 Å². The molecule has 118 valence electrons. The molecule has 1 aromatic rings. The number of aliphatic hydroxyl groups excluding tert-OH is 1. The van der Waals surface area contributed by atoms with Crippen molar-refractivity contribution in [1.29, 1.82) is 0 Å². The van der Waals surface area contributed by atoms with E-state index >= 15 is 0 Å². The summed E-state index contributed by atoms with van der Waals surface area (Å²) in [5.41, 5.74) is -0.392. The van der Waals surface area contributed by atoms with Gasteiger partial charge in [-0.25, -0.2) is 4.79 Å². The van der Waals surface area contributed by atoms with Gasteiger partial charge in [0, 0.05) is 18.7 Å². The van der Waals surface area contributed by atoms with Gasteiger partial charge in [0.05, 0.1) is 6.04 Å². The summed E-state index contributed by atoms with van der Waals surface area (Å²) < 4.78 is 2.06. The number of hydrogen-bond donors (Lipinski definition) is 3. The highest BCUT2D eigenvalue weighted by molar-refractivity contribution is 5.75. The Labute approximate surface area is 125 Å². The van der Waals surface area contributed by atoms with Gasteiger partial charge in [-0.3, -0.25) is 0 Å². The summed E-state index contributed by atoms with van der Waals surface area (Å²) in [7, 11) is 0. The van der Waals surface area contributed by atoms with Gasteiger partial charge < -0.3 is 20.3 Å². The van der Waals surface area contributed by atoms with Crippen molar-refractivity contribution in [3.63, 3.8) is 0 Å². The van der Waals surface area contributed by atoms with Crippen molar-refractivity contribution in [3.05, 3.63) is 11.6 Å². The topological polar surface area (TPSA) is 92.1 Å². The van der Waals surface area contributed by atoms with Crippen molar-refractivity contribution in [2.45, 2.75) is 64.6 Å². The third-order valence-corrected chi connectivity index (χ3v) is 4.32. The minimum atomic E-state index is -0.392. The van der Waals surface area contributed by atoms with Gasteiger partial charge >= 0.3 is 6.03 Å². The lowest BCUT2D eigenvalue weighted by Crippen LogP contribution is -2.51. The number of hydrogen-bond acceptors (Lipinski definition) is 4. The molecule has 0 spiro atoms. The van der Waals surface area contributed by atoms with E-state index in [1.165, 1.54) is 0 Å². The molecular weight excluding hydrogens is 270 g/mol. The van der Waals surface area contributed by atoms with Crippen LogP contribution in [0.2, 0.25) is 0 Å². The highest BCUT2D eigenvalue weighted by Gasteiger charge is 2.28. The molecule has 1 aromatic heterocycles. The number of urea groups is 1. The number of carbonyl (C=O) groups excluding carboxylic acids is 1. The Kier molecular flexibility index (Phi) is 4.82. The van der Waals surface area contributed by atoms with Crippen LogP contribution in [-0.4, -0.2) is 38.0 Å². The lowest BCUT2D eigenvalue weighted by molar-refractivity contribution is 0.196. The number of aryl methyl sites for hydroxylation is 1. The lowest BCUT2D eigenvalue weighted by Gasteiger charge is -2.31. The average molecular weight is 295 g/mol. The first-order valence-corrected chi connectivity index (χ1v) is 7.58. The minimum Gasteiger partial charge on any atom is -0.396 e. The highest BCUT2D eigenvalue weighted by Crippen LogP contribution is 2.24. The quantitative estimate of drug-likeness (QED) is 0.763. The summed E-state index contributed by atoms with van der Waals surface area (Å²) in [4.78, 5) is 12.2. The normalized spacial score (nSPS) is 20.5. The van der Waals surface area contributed by atoms with Crippen LogP contribution in [0.4, 0.5) is 4.79 Å². The smallest absolute Gasteiger partial charge is 0.315 e. The van der Waals surface area contributed by atoms with Crippen LogP contribution in [0.3, 0.4) is 0 Å². The summed E-state index contributed by atoms with van der Waals surface area (Å²) >= 11 is 0. The summed E-state index contributed by atoms with van der Waals surface area (Å²) in [5.74, 6) is 1.71. The predicted molar refractivity (Wildman–Crippen MR) is 78.8 cm³/mol. The first kappa shape index (κ1) is 15.8. The van der Waals surface area contributed by atoms with Crippen LogP contribution in [0.5, 0.6) is 0 Å². The molecule has 2 amide bonds. The van der Waals surface area contributed by atoms with Crippen molar-refractivity contribution in [1.82, 2.24) is 25.4 Å². The monoisotopic (exact) mass is 295 g/mol. The first-order valence-electron chi connectivity index (χ1n) is 7.58. The number of fused-ring (bicyclic) bond motifs is 1. The zero-order chi connectivity index (χ0) is 15.5. The van der Waals surface area contributed by atoms with Crippen molar-refractivity contribution in [3.8, 4) is 0 Å². The molecule has 2 heterocycles. The minimum absolute atomic E-state index is 0.0571. The molecule has 0 aromatic carbocycles. The molecule has 0 saturated heterocycles. The fourth-order valence-corrected chi connectivity index (χ4v) is 2.69. The van der Waals surface area contributed by atoms with Crippen LogP contribution in [0.25, 0.3) is 0 Å². The third-order valence-electron chi connectivity index (χ3n) is 4.32. The molecular formula is C14H25N5O2. The molecule has 7 nitrogen and oxygen atoms in total. The molecule has 0 saturated carbocycles. The third kappa shape index (κ3) is 3.53. The van der Waals surface area contributed by atoms with Crippen LogP contribution in [0, 0.1) is 6.92 Å². The molecule has 2 atom stereocenters. The molecule has 1 aliphatic heterocycles. The van der Waals surface area contributed by atoms with Crippen molar-refractivity contribution in [2.75, 3.05) is 6.61 Å². The fourth-order valence-electron chi connectivity index (χ4n) is 2.69. The van der Waals surface area contributed by atoms with E-state index in [9.17, 15) is 4.79 Å². The molecule has 0 fully saturated rings. The van der Waals surface area contributed by atoms with E-state index in [4.69, 9.17) is 5.11 Å². The van der Waals surface area contributed by atoms with E-state index in [2.05, 4.69) is 25.4 Å². The Bertz CT molecular complexity index is 502. The Balaban J connectivity index is 2.01. The van der Waals surface area contributed by atoms with Gasteiger partial charge in [-0.2, -0.15) is 0 Å². The van der Waals surface area contributed by atoms with Crippen LogP contribution in [0.15, 0.2) is 0 Å². The Hall–Kier alpha value is -1.63. The zero-order valence-electron chi connectivity index (χ0n) is 13.0. The lowest BCUT2D eigenvalue weighted by atomic mass is 9.95. The number of aliphatic hydroxyl groups is 1. The molecule has 7 heteroatoms. The van der Waals surface area contributed by atoms with Crippen LogP contribution in [-0.2, 0) is 6.54 Å². The van der Waals surface area contributed by atoms with Gasteiger partial charge in [0.2, 0.25) is 0 Å².